The number of hydrogen-bond donors (Lipinski definition) is 2. The number of nitrogens with one attached hydrogen (secondary N) is 1. The third kappa shape index (κ3) is 5.91. The summed E-state index contributed by atoms with van der Waals surface area (Å²) in [5, 5.41) is 26.5. The summed E-state index contributed by atoms with van der Waals surface area (Å²) in [6.07, 6.45) is 4.83. The number of benzene rings is 1. The van der Waals surface area contributed by atoms with E-state index in [-0.39, 0.29) is 18.0 Å². The van der Waals surface area contributed by atoms with Crippen molar-refractivity contribution in [2.24, 2.45) is 7.05 Å². The number of carboxylic acid groups (broad SMARTS) is 1. The lowest BCUT2D eigenvalue weighted by atomic mass is 10.1. The first kappa shape index (κ1) is 20.1. The molecule has 0 aliphatic heterocycles. The number of unbranched alkanes of at least 4 members (excludes halogenated alkanes) is 3. The predicted molar refractivity (Wildman–Crippen MR) is 98.4 cm³/mol. The molecule has 0 aliphatic rings. The van der Waals surface area contributed by atoms with Gasteiger partial charge in [-0.1, -0.05) is 12.8 Å². The van der Waals surface area contributed by atoms with Crippen molar-refractivity contribution in [3.8, 4) is 11.3 Å². The molecule has 0 aliphatic carbocycles. The SMILES string of the molecule is Cn1cc(C(=O)NCCCCCCC(=O)O)c(-c2ccc([N+](=O)[O-])cc2)n1. The Morgan fingerprint density at radius 1 is 1.19 bits per heavy atom. The van der Waals surface area contributed by atoms with Crippen molar-refractivity contribution in [3.63, 3.8) is 0 Å². The third-order valence-electron chi connectivity index (χ3n) is 4.03. The molecule has 0 saturated carbocycles. The van der Waals surface area contributed by atoms with Gasteiger partial charge in [0.15, 0.2) is 0 Å². The van der Waals surface area contributed by atoms with Gasteiger partial charge in [-0.15, -0.1) is 0 Å². The minimum atomic E-state index is -0.793. The standard InChI is InChI=1S/C18H22N4O5/c1-21-12-15(18(25)19-11-5-3-2-4-6-16(23)24)17(20-21)13-7-9-14(10-8-13)22(26)27/h7-10,12H,2-6,11H2,1H3,(H,19,25)(H,23,24). The second kappa shape index (κ2) is 9.46. The lowest BCUT2D eigenvalue weighted by Gasteiger charge is -2.05. The molecule has 0 radical (unpaired) electrons. The predicted octanol–water partition coefficient (Wildman–Crippen LogP) is 2.76. The van der Waals surface area contributed by atoms with Crippen LogP contribution in [-0.2, 0) is 11.8 Å². The van der Waals surface area contributed by atoms with Crippen molar-refractivity contribution < 1.29 is 19.6 Å². The van der Waals surface area contributed by atoms with Crippen LogP contribution in [0, 0.1) is 10.1 Å². The second-order valence-corrected chi connectivity index (χ2v) is 6.18. The van der Waals surface area contributed by atoms with Gasteiger partial charge in [0.2, 0.25) is 0 Å². The Morgan fingerprint density at radius 2 is 1.85 bits per heavy atom. The molecule has 2 rings (SSSR count). The molecule has 0 unspecified atom stereocenters. The fourth-order valence-electron chi connectivity index (χ4n) is 2.66. The first-order valence-corrected chi connectivity index (χ1v) is 8.67. The van der Waals surface area contributed by atoms with E-state index in [0.29, 0.717) is 29.8 Å². The normalized spacial score (nSPS) is 10.6. The van der Waals surface area contributed by atoms with Gasteiger partial charge in [0, 0.05) is 43.9 Å². The van der Waals surface area contributed by atoms with Crippen molar-refractivity contribution in [2.75, 3.05) is 6.54 Å². The first-order chi connectivity index (χ1) is 12.9. The van der Waals surface area contributed by atoms with Crippen molar-refractivity contribution in [3.05, 3.63) is 46.1 Å². The molecule has 0 atom stereocenters. The maximum absolute atomic E-state index is 12.5. The largest absolute Gasteiger partial charge is 0.481 e. The van der Waals surface area contributed by atoms with E-state index in [1.165, 1.54) is 16.8 Å². The number of carbonyl (C=O) groups is 2. The van der Waals surface area contributed by atoms with Crippen molar-refractivity contribution in [2.45, 2.75) is 32.1 Å². The lowest BCUT2D eigenvalue weighted by molar-refractivity contribution is -0.384. The molecule has 0 bridgehead atoms. The number of nitrogens with zero attached hydrogens (tertiary/aromatic N) is 3. The first-order valence-electron chi connectivity index (χ1n) is 8.67. The molecule has 2 N–H and O–H groups in total. The van der Waals surface area contributed by atoms with Crippen LogP contribution in [0.1, 0.15) is 42.5 Å². The summed E-state index contributed by atoms with van der Waals surface area (Å²) in [6, 6.07) is 5.89. The molecule has 9 nitrogen and oxygen atoms in total. The molecule has 1 amide bonds. The van der Waals surface area contributed by atoms with Crippen LogP contribution in [-0.4, -0.2) is 38.2 Å². The summed E-state index contributed by atoms with van der Waals surface area (Å²) in [5.74, 6) is -1.05. The molecule has 0 fully saturated rings. The maximum atomic E-state index is 12.5. The maximum Gasteiger partial charge on any atom is 0.303 e. The van der Waals surface area contributed by atoms with Gasteiger partial charge in [-0.2, -0.15) is 5.10 Å². The molecule has 1 aromatic carbocycles. The zero-order valence-corrected chi connectivity index (χ0v) is 15.1. The molecule has 0 spiro atoms. The van der Waals surface area contributed by atoms with Gasteiger partial charge in [-0.05, 0) is 25.0 Å². The topological polar surface area (TPSA) is 127 Å². The minimum absolute atomic E-state index is 0.0245. The highest BCUT2D eigenvalue weighted by molar-refractivity contribution is 5.99. The van der Waals surface area contributed by atoms with Crippen LogP contribution >= 0.6 is 0 Å². The number of non-ortho nitro benzene ring substituents is 1. The number of aliphatic carboxylic acids is 1. The monoisotopic (exact) mass is 374 g/mol. The van der Waals surface area contributed by atoms with Gasteiger partial charge >= 0.3 is 5.97 Å². The number of aryl methyl sites for hydroxylation is 1. The van der Waals surface area contributed by atoms with Crippen molar-refractivity contribution in [1.29, 1.82) is 0 Å². The Kier molecular flexibility index (Phi) is 7.04. The molecular weight excluding hydrogens is 352 g/mol. The number of amides is 1. The fourth-order valence-corrected chi connectivity index (χ4v) is 2.66. The van der Waals surface area contributed by atoms with Gasteiger partial charge in [-0.3, -0.25) is 24.4 Å². The van der Waals surface area contributed by atoms with Gasteiger partial charge < -0.3 is 10.4 Å². The van der Waals surface area contributed by atoms with Gasteiger partial charge in [0.25, 0.3) is 11.6 Å². The Hall–Kier alpha value is -3.23. The summed E-state index contributed by atoms with van der Waals surface area (Å²) in [6.45, 7) is 0.487. The van der Waals surface area contributed by atoms with E-state index in [4.69, 9.17) is 5.11 Å². The minimum Gasteiger partial charge on any atom is -0.481 e. The van der Waals surface area contributed by atoms with E-state index in [1.807, 2.05) is 0 Å². The van der Waals surface area contributed by atoms with Crippen LogP contribution < -0.4 is 5.32 Å². The van der Waals surface area contributed by atoms with Gasteiger partial charge in [0.05, 0.1) is 10.5 Å². The molecular formula is C18H22N4O5. The Bertz CT molecular complexity index is 814. The van der Waals surface area contributed by atoms with E-state index < -0.39 is 10.9 Å². The molecule has 9 heteroatoms. The number of nitro groups is 1. The van der Waals surface area contributed by atoms with E-state index in [0.717, 1.165) is 19.3 Å². The van der Waals surface area contributed by atoms with Gasteiger partial charge in [-0.25, -0.2) is 0 Å². The van der Waals surface area contributed by atoms with Crippen LogP contribution in [0.25, 0.3) is 11.3 Å². The number of hydrogen-bond acceptors (Lipinski definition) is 5. The van der Waals surface area contributed by atoms with E-state index in [1.54, 1.807) is 25.4 Å². The zero-order chi connectivity index (χ0) is 19.8. The summed E-state index contributed by atoms with van der Waals surface area (Å²) in [5.41, 5.74) is 1.46. The molecule has 1 heterocycles. The average molecular weight is 374 g/mol. The summed E-state index contributed by atoms with van der Waals surface area (Å²) >= 11 is 0. The Morgan fingerprint density at radius 3 is 2.48 bits per heavy atom. The van der Waals surface area contributed by atoms with E-state index >= 15 is 0 Å². The number of rotatable bonds is 10. The molecule has 1 aromatic heterocycles. The Balaban J connectivity index is 1.93. The molecule has 2 aromatic rings. The van der Waals surface area contributed by atoms with Crippen LogP contribution in [0.2, 0.25) is 0 Å². The molecule has 144 valence electrons. The number of nitro benzene ring substituents is 1. The Labute approximate surface area is 156 Å². The summed E-state index contributed by atoms with van der Waals surface area (Å²) < 4.78 is 1.53. The van der Waals surface area contributed by atoms with Crippen LogP contribution in [0.3, 0.4) is 0 Å². The highest BCUT2D eigenvalue weighted by Crippen LogP contribution is 2.24. The summed E-state index contributed by atoms with van der Waals surface area (Å²) in [7, 11) is 1.70. The van der Waals surface area contributed by atoms with E-state index in [2.05, 4.69) is 10.4 Å². The van der Waals surface area contributed by atoms with Crippen molar-refractivity contribution in [1.82, 2.24) is 15.1 Å². The van der Waals surface area contributed by atoms with Crippen molar-refractivity contribution >= 4 is 17.6 Å². The smallest absolute Gasteiger partial charge is 0.303 e. The molecule has 0 saturated heterocycles. The van der Waals surface area contributed by atoms with Gasteiger partial charge in [0.1, 0.15) is 5.69 Å². The van der Waals surface area contributed by atoms with E-state index in [9.17, 15) is 19.7 Å². The quantitative estimate of drug-likeness (QED) is 0.374. The van der Waals surface area contributed by atoms with Crippen LogP contribution in [0.15, 0.2) is 30.5 Å². The highest BCUT2D eigenvalue weighted by Gasteiger charge is 2.17. The highest BCUT2D eigenvalue weighted by atomic mass is 16.6. The number of aromatic nitrogens is 2. The fraction of sp³-hybridized carbons (Fsp3) is 0.389. The third-order valence-corrected chi connectivity index (χ3v) is 4.03. The second-order valence-electron chi connectivity index (χ2n) is 6.18. The number of carbonyl (C=O) groups excluding carboxylic acids is 1. The van der Waals surface area contributed by atoms with Crippen LogP contribution in [0.5, 0.6) is 0 Å². The van der Waals surface area contributed by atoms with Crippen LogP contribution in [0.4, 0.5) is 5.69 Å². The average Bonchev–Trinajstić information content (AvgIpc) is 3.02. The lowest BCUT2D eigenvalue weighted by Crippen LogP contribution is -2.24. The zero-order valence-electron chi connectivity index (χ0n) is 15.1. The molecule has 27 heavy (non-hydrogen) atoms. The summed E-state index contributed by atoms with van der Waals surface area (Å²) in [4.78, 5) is 33.2. The number of carboxylic acids is 1.